The molecule has 9 aromatic carbocycles. The molecule has 1 aromatic heterocycles. The molecule has 1 aliphatic carbocycles. The zero-order chi connectivity index (χ0) is 37.5. The minimum atomic E-state index is -0.433. The SMILES string of the molecule is c1ccc(-c2ccc(N(c3ccccc3)c3ccc4c5cccc6c5n(c4c3)-c3ccccc3C63c4ccccc4-c4ccccc43)c(-c3ccccc3)c2)cc1. The van der Waals surface area contributed by atoms with Gasteiger partial charge in [0.05, 0.1) is 27.8 Å². The fourth-order valence-corrected chi connectivity index (χ4v) is 10.1. The average molecular weight is 725 g/mol. The van der Waals surface area contributed by atoms with E-state index in [1.165, 1.54) is 83.1 Å². The Morgan fingerprint density at radius 3 is 1.67 bits per heavy atom. The number of rotatable bonds is 5. The van der Waals surface area contributed by atoms with Gasteiger partial charge in [-0.2, -0.15) is 0 Å². The Morgan fingerprint density at radius 1 is 0.351 bits per heavy atom. The summed E-state index contributed by atoms with van der Waals surface area (Å²) in [5.74, 6) is 0. The maximum absolute atomic E-state index is 2.55. The topological polar surface area (TPSA) is 8.17 Å². The Hall–Kier alpha value is -7.42. The third kappa shape index (κ3) is 4.47. The molecule has 12 rings (SSSR count). The first kappa shape index (κ1) is 31.9. The van der Waals surface area contributed by atoms with Crippen LogP contribution in [0.5, 0.6) is 0 Å². The maximum Gasteiger partial charge on any atom is 0.0754 e. The molecule has 10 aromatic rings. The van der Waals surface area contributed by atoms with Gasteiger partial charge in [0, 0.05) is 27.7 Å². The molecule has 0 saturated carbocycles. The summed E-state index contributed by atoms with van der Waals surface area (Å²) in [5, 5.41) is 2.52. The number of para-hydroxylation sites is 3. The zero-order valence-corrected chi connectivity index (χ0v) is 31.2. The highest BCUT2D eigenvalue weighted by Gasteiger charge is 2.50. The minimum Gasteiger partial charge on any atom is -0.310 e. The molecular weight excluding hydrogens is 689 g/mol. The van der Waals surface area contributed by atoms with Crippen LogP contribution in [-0.2, 0) is 5.41 Å². The second-order valence-corrected chi connectivity index (χ2v) is 15.2. The van der Waals surface area contributed by atoms with Crippen LogP contribution in [0.25, 0.3) is 60.9 Å². The number of benzene rings is 9. The van der Waals surface area contributed by atoms with Crippen molar-refractivity contribution >= 4 is 38.9 Å². The number of hydrogen-bond donors (Lipinski definition) is 0. The van der Waals surface area contributed by atoms with Crippen LogP contribution >= 0.6 is 0 Å². The van der Waals surface area contributed by atoms with Crippen molar-refractivity contribution in [3.8, 4) is 39.1 Å². The Balaban J connectivity index is 1.15. The molecule has 2 aliphatic rings. The monoisotopic (exact) mass is 724 g/mol. The van der Waals surface area contributed by atoms with Gasteiger partial charge in [0.25, 0.3) is 0 Å². The van der Waals surface area contributed by atoms with Crippen LogP contribution in [-0.4, -0.2) is 4.57 Å². The van der Waals surface area contributed by atoms with Crippen molar-refractivity contribution < 1.29 is 0 Å². The van der Waals surface area contributed by atoms with Crippen LogP contribution < -0.4 is 4.90 Å². The van der Waals surface area contributed by atoms with Gasteiger partial charge in [-0.25, -0.2) is 0 Å². The minimum absolute atomic E-state index is 0.433. The molecule has 0 radical (unpaired) electrons. The van der Waals surface area contributed by atoms with Gasteiger partial charge in [0.15, 0.2) is 0 Å². The van der Waals surface area contributed by atoms with Gasteiger partial charge in [0.2, 0.25) is 0 Å². The highest BCUT2D eigenvalue weighted by molar-refractivity contribution is 6.14. The maximum atomic E-state index is 2.55. The number of fused-ring (bicyclic) bond motifs is 12. The molecular formula is C55H36N2. The van der Waals surface area contributed by atoms with E-state index in [0.717, 1.165) is 17.1 Å². The molecule has 1 spiro atoms. The lowest BCUT2D eigenvalue weighted by Gasteiger charge is -2.39. The summed E-state index contributed by atoms with van der Waals surface area (Å²) < 4.78 is 2.55. The highest BCUT2D eigenvalue weighted by Crippen LogP contribution is 2.61. The molecule has 2 heterocycles. The first-order valence-electron chi connectivity index (χ1n) is 19.8. The Morgan fingerprint density at radius 2 is 0.947 bits per heavy atom. The summed E-state index contributed by atoms with van der Waals surface area (Å²) in [5.41, 5.74) is 19.3. The summed E-state index contributed by atoms with van der Waals surface area (Å²) in [6.07, 6.45) is 0. The molecule has 0 amide bonds. The van der Waals surface area contributed by atoms with E-state index in [2.05, 4.69) is 228 Å². The van der Waals surface area contributed by atoms with E-state index in [4.69, 9.17) is 0 Å². The Bertz CT molecular complexity index is 3130. The Kier molecular flexibility index (Phi) is 6.88. The summed E-state index contributed by atoms with van der Waals surface area (Å²) in [7, 11) is 0. The molecule has 0 unspecified atom stereocenters. The van der Waals surface area contributed by atoms with E-state index in [-0.39, 0.29) is 0 Å². The normalized spacial score (nSPS) is 13.1. The van der Waals surface area contributed by atoms with Crippen LogP contribution in [0.2, 0.25) is 0 Å². The molecule has 266 valence electrons. The van der Waals surface area contributed by atoms with Crippen molar-refractivity contribution in [1.29, 1.82) is 0 Å². The van der Waals surface area contributed by atoms with Gasteiger partial charge in [0.1, 0.15) is 0 Å². The van der Waals surface area contributed by atoms with Crippen molar-refractivity contribution in [3.05, 3.63) is 241 Å². The summed E-state index contributed by atoms with van der Waals surface area (Å²) in [6.45, 7) is 0. The third-order valence-electron chi connectivity index (χ3n) is 12.4. The molecule has 2 heteroatoms. The average Bonchev–Trinajstić information content (AvgIpc) is 3.78. The van der Waals surface area contributed by atoms with Crippen molar-refractivity contribution in [2.45, 2.75) is 5.41 Å². The van der Waals surface area contributed by atoms with E-state index in [1.54, 1.807) is 0 Å². The second-order valence-electron chi connectivity index (χ2n) is 15.2. The lowest BCUT2D eigenvalue weighted by Crippen LogP contribution is -2.33. The molecule has 0 bridgehead atoms. The van der Waals surface area contributed by atoms with Gasteiger partial charge in [-0.05, 0) is 92.5 Å². The number of anilines is 3. The van der Waals surface area contributed by atoms with Crippen LogP contribution in [0.4, 0.5) is 17.1 Å². The highest BCUT2D eigenvalue weighted by atomic mass is 15.1. The third-order valence-corrected chi connectivity index (χ3v) is 12.4. The molecule has 0 saturated heterocycles. The molecule has 2 nitrogen and oxygen atoms in total. The summed E-state index contributed by atoms with van der Waals surface area (Å²) in [6, 6.07) is 80.4. The van der Waals surface area contributed by atoms with Crippen LogP contribution in [0.1, 0.15) is 22.3 Å². The van der Waals surface area contributed by atoms with Gasteiger partial charge >= 0.3 is 0 Å². The first-order valence-corrected chi connectivity index (χ1v) is 19.8. The smallest absolute Gasteiger partial charge is 0.0754 e. The standard InChI is InChI=1S/C55H36N2/c1-4-17-37(18-5-1)39-31-34-51(46(35-39)38-19-6-2-7-20-38)56(40-21-8-3-9-22-40)41-32-33-44-45-25-16-29-50-54(45)57(53(44)36-41)52-30-15-14-28-49(52)55(50)47-26-12-10-23-42(47)43-24-11-13-27-48(43)55/h1-36H. The predicted octanol–water partition coefficient (Wildman–Crippen LogP) is 14.3. The van der Waals surface area contributed by atoms with Gasteiger partial charge in [-0.15, -0.1) is 0 Å². The quantitative estimate of drug-likeness (QED) is 0.172. The Labute approximate surface area is 332 Å². The summed E-state index contributed by atoms with van der Waals surface area (Å²) >= 11 is 0. The van der Waals surface area contributed by atoms with Crippen LogP contribution in [0.15, 0.2) is 218 Å². The fourth-order valence-electron chi connectivity index (χ4n) is 10.1. The van der Waals surface area contributed by atoms with E-state index in [9.17, 15) is 0 Å². The van der Waals surface area contributed by atoms with Gasteiger partial charge < -0.3 is 9.47 Å². The van der Waals surface area contributed by atoms with E-state index in [0.29, 0.717) is 0 Å². The predicted molar refractivity (Wildman–Crippen MR) is 237 cm³/mol. The van der Waals surface area contributed by atoms with E-state index in [1.807, 2.05) is 0 Å². The molecule has 1 aliphatic heterocycles. The molecule has 0 fully saturated rings. The van der Waals surface area contributed by atoms with Crippen molar-refractivity contribution in [3.63, 3.8) is 0 Å². The zero-order valence-electron chi connectivity index (χ0n) is 31.2. The summed E-state index contributed by atoms with van der Waals surface area (Å²) in [4.78, 5) is 2.43. The number of nitrogens with zero attached hydrogens (tertiary/aromatic N) is 2. The lowest BCUT2D eigenvalue weighted by atomic mass is 9.65. The van der Waals surface area contributed by atoms with Gasteiger partial charge in [-0.1, -0.05) is 176 Å². The van der Waals surface area contributed by atoms with Crippen molar-refractivity contribution in [1.82, 2.24) is 4.57 Å². The van der Waals surface area contributed by atoms with Crippen LogP contribution in [0, 0.1) is 0 Å². The largest absolute Gasteiger partial charge is 0.310 e. The van der Waals surface area contributed by atoms with Crippen molar-refractivity contribution in [2.75, 3.05) is 4.90 Å². The number of hydrogen-bond acceptors (Lipinski definition) is 1. The van der Waals surface area contributed by atoms with E-state index < -0.39 is 5.41 Å². The lowest BCUT2D eigenvalue weighted by molar-refractivity contribution is 0.748. The first-order chi connectivity index (χ1) is 28.3. The van der Waals surface area contributed by atoms with Crippen LogP contribution in [0.3, 0.4) is 0 Å². The molecule has 0 atom stereocenters. The van der Waals surface area contributed by atoms with Gasteiger partial charge in [-0.3, -0.25) is 0 Å². The second kappa shape index (κ2) is 12.3. The fraction of sp³-hybridized carbons (Fsp3) is 0.0182. The number of aromatic nitrogens is 1. The molecule has 0 N–H and O–H groups in total. The van der Waals surface area contributed by atoms with E-state index >= 15 is 0 Å². The van der Waals surface area contributed by atoms with Crippen molar-refractivity contribution in [2.24, 2.45) is 0 Å². The molecule has 57 heavy (non-hydrogen) atoms.